The molecular weight excluding hydrogens is 464 g/mol. The average Bonchev–Trinajstić information content (AvgIpc) is 3.05. The molecule has 4 amide bonds. The molecule has 1 atom stereocenters. The van der Waals surface area contributed by atoms with Crippen molar-refractivity contribution in [2.45, 2.75) is 37.1 Å². The van der Waals surface area contributed by atoms with Gasteiger partial charge in [0.05, 0.1) is 29.2 Å². The maximum absolute atomic E-state index is 13.0. The van der Waals surface area contributed by atoms with E-state index in [0.717, 1.165) is 10.5 Å². The van der Waals surface area contributed by atoms with Crippen LogP contribution in [0.5, 0.6) is 5.75 Å². The summed E-state index contributed by atoms with van der Waals surface area (Å²) in [4.78, 5) is 50.3. The lowest BCUT2D eigenvalue weighted by molar-refractivity contribution is -0.136. The third-order valence-electron chi connectivity index (χ3n) is 5.52. The molecule has 11 heteroatoms. The van der Waals surface area contributed by atoms with Crippen LogP contribution in [0.1, 0.15) is 45.5 Å². The third kappa shape index (κ3) is 4.57. The van der Waals surface area contributed by atoms with Gasteiger partial charge in [0.25, 0.3) is 21.9 Å². The van der Waals surface area contributed by atoms with Crippen molar-refractivity contribution in [3.63, 3.8) is 0 Å². The molecule has 2 aromatic rings. The van der Waals surface area contributed by atoms with E-state index in [2.05, 4.69) is 5.32 Å². The summed E-state index contributed by atoms with van der Waals surface area (Å²) >= 11 is 0. The number of imide groups is 2. The van der Waals surface area contributed by atoms with Gasteiger partial charge in [0.2, 0.25) is 11.8 Å². The Hall–Kier alpha value is -3.57. The van der Waals surface area contributed by atoms with Crippen molar-refractivity contribution in [1.29, 1.82) is 0 Å². The van der Waals surface area contributed by atoms with Crippen LogP contribution >= 0.6 is 0 Å². The van der Waals surface area contributed by atoms with Crippen LogP contribution in [0, 0.1) is 6.92 Å². The molecule has 1 fully saturated rings. The molecule has 4 rings (SSSR count). The van der Waals surface area contributed by atoms with Crippen LogP contribution in [-0.4, -0.2) is 56.2 Å². The lowest BCUT2D eigenvalue weighted by atomic mass is 10.0. The largest absolute Gasteiger partial charge is 0.493 e. The normalized spacial score (nSPS) is 18.1. The molecule has 0 aromatic heterocycles. The second-order valence-electron chi connectivity index (χ2n) is 7.92. The summed E-state index contributed by atoms with van der Waals surface area (Å²) in [7, 11) is -3.90. The monoisotopic (exact) mass is 486 g/mol. The maximum Gasteiger partial charge on any atom is 0.296 e. The van der Waals surface area contributed by atoms with Gasteiger partial charge >= 0.3 is 0 Å². The summed E-state index contributed by atoms with van der Waals surface area (Å²) in [5.41, 5.74) is 1.06. The van der Waals surface area contributed by atoms with Gasteiger partial charge < -0.3 is 4.74 Å². The first kappa shape index (κ1) is 23.6. The molecule has 0 saturated carbocycles. The Morgan fingerprint density at radius 3 is 2.44 bits per heavy atom. The van der Waals surface area contributed by atoms with Crippen molar-refractivity contribution in [3.8, 4) is 5.75 Å². The van der Waals surface area contributed by atoms with E-state index in [0.29, 0.717) is 0 Å². The van der Waals surface area contributed by atoms with Crippen molar-refractivity contribution in [3.05, 3.63) is 59.2 Å². The van der Waals surface area contributed by atoms with E-state index >= 15 is 0 Å². The number of carbonyl (C=O) groups excluding carboxylic acids is 4. The van der Waals surface area contributed by atoms with Gasteiger partial charge in [-0.3, -0.25) is 33.6 Å². The second-order valence-corrected chi connectivity index (χ2v) is 9.53. The summed E-state index contributed by atoms with van der Waals surface area (Å²) in [5, 5.41) is 2.15. The molecule has 2 aliphatic rings. The van der Waals surface area contributed by atoms with Crippen molar-refractivity contribution in [2.24, 2.45) is 0 Å². The van der Waals surface area contributed by atoms with Gasteiger partial charge in [-0.05, 0) is 37.6 Å². The van der Waals surface area contributed by atoms with Crippen LogP contribution < -0.4 is 10.1 Å². The zero-order valence-electron chi connectivity index (χ0n) is 18.3. The summed E-state index contributed by atoms with van der Waals surface area (Å²) in [6.07, 6.45) is 0.283. The van der Waals surface area contributed by atoms with E-state index in [-0.39, 0.29) is 54.2 Å². The minimum absolute atomic E-state index is 0.0265. The summed E-state index contributed by atoms with van der Waals surface area (Å²) < 4.78 is 35.2. The highest BCUT2D eigenvalue weighted by atomic mass is 32.2. The minimum Gasteiger partial charge on any atom is -0.493 e. The van der Waals surface area contributed by atoms with E-state index in [9.17, 15) is 27.6 Å². The number of fused-ring (bicyclic) bond motifs is 1. The number of ether oxygens (including phenoxy) is 1. The average molecular weight is 487 g/mol. The second kappa shape index (κ2) is 9.35. The topological polar surface area (TPSA) is 136 Å². The van der Waals surface area contributed by atoms with Crippen LogP contribution in [0.3, 0.4) is 0 Å². The smallest absolute Gasteiger partial charge is 0.296 e. The predicted molar refractivity (Wildman–Crippen MR) is 118 cm³/mol. The lowest BCUT2D eigenvalue weighted by Gasteiger charge is -2.27. The Bertz CT molecular complexity index is 1270. The number of hydrogen-bond donors (Lipinski definition) is 1. The van der Waals surface area contributed by atoms with E-state index < -0.39 is 39.8 Å². The number of carbonyl (C=O) groups is 4. The molecule has 1 saturated heterocycles. The Morgan fingerprint density at radius 1 is 1.00 bits per heavy atom. The molecule has 34 heavy (non-hydrogen) atoms. The van der Waals surface area contributed by atoms with Crippen LogP contribution in [0.15, 0.2) is 47.4 Å². The molecule has 0 radical (unpaired) electrons. The number of hydrogen-bond acceptors (Lipinski definition) is 8. The molecule has 2 heterocycles. The van der Waals surface area contributed by atoms with Gasteiger partial charge in [-0.15, -0.1) is 0 Å². The first-order valence-corrected chi connectivity index (χ1v) is 12.0. The van der Waals surface area contributed by atoms with Gasteiger partial charge in [-0.2, -0.15) is 8.42 Å². The molecular formula is C23H22N2O8S. The number of rotatable bonds is 8. The van der Waals surface area contributed by atoms with Crippen LogP contribution in [0.2, 0.25) is 0 Å². The predicted octanol–water partition coefficient (Wildman–Crippen LogP) is 1.57. The van der Waals surface area contributed by atoms with Crippen LogP contribution in [0.4, 0.5) is 0 Å². The molecule has 10 nitrogen and oxygen atoms in total. The zero-order chi connectivity index (χ0) is 24.5. The van der Waals surface area contributed by atoms with Gasteiger partial charge in [-0.1, -0.05) is 23.8 Å². The van der Waals surface area contributed by atoms with Gasteiger partial charge in [0.15, 0.2) is 0 Å². The Kier molecular flexibility index (Phi) is 6.49. The van der Waals surface area contributed by atoms with E-state index in [1.54, 1.807) is 18.2 Å². The molecule has 1 unspecified atom stereocenters. The fraction of sp³-hybridized carbons (Fsp3) is 0.304. The number of nitrogens with zero attached hydrogens (tertiary/aromatic N) is 1. The van der Waals surface area contributed by atoms with Crippen LogP contribution in [-0.2, 0) is 23.9 Å². The highest BCUT2D eigenvalue weighted by Crippen LogP contribution is 2.33. The summed E-state index contributed by atoms with van der Waals surface area (Å²) in [6, 6.07) is 9.73. The molecule has 0 spiro atoms. The number of aryl methyl sites for hydroxylation is 1. The Morgan fingerprint density at radius 2 is 1.74 bits per heavy atom. The number of piperidine rings is 1. The number of nitrogens with one attached hydrogen (secondary N) is 1. The Balaban J connectivity index is 1.38. The van der Waals surface area contributed by atoms with Crippen molar-refractivity contribution in [2.75, 3.05) is 13.2 Å². The van der Waals surface area contributed by atoms with Gasteiger partial charge in [0, 0.05) is 12.8 Å². The van der Waals surface area contributed by atoms with Gasteiger partial charge in [-0.25, -0.2) is 0 Å². The van der Waals surface area contributed by atoms with Gasteiger partial charge in [0.1, 0.15) is 11.8 Å². The first-order valence-electron chi connectivity index (χ1n) is 10.6. The maximum atomic E-state index is 13.0. The quantitative estimate of drug-likeness (QED) is 0.337. The highest BCUT2D eigenvalue weighted by Gasteiger charge is 2.45. The van der Waals surface area contributed by atoms with Crippen molar-refractivity contribution < 1.29 is 36.5 Å². The number of amides is 4. The molecule has 0 aliphatic carbocycles. The first-order chi connectivity index (χ1) is 16.2. The molecule has 2 aromatic carbocycles. The summed E-state index contributed by atoms with van der Waals surface area (Å²) in [5.74, 6) is -2.31. The molecule has 2 aliphatic heterocycles. The lowest BCUT2D eigenvalue weighted by Crippen LogP contribution is -2.54. The standard InChI is InChI=1S/C23H22N2O8S/c1-14-6-8-15(9-7-14)34(30,31)33-13-3-12-32-18-5-2-4-16-20(18)23(29)25(22(16)28)17-10-11-19(26)24-21(17)27/h2,4-9,17H,3,10-13H2,1H3,(H,24,26,27). The van der Waals surface area contributed by atoms with Crippen LogP contribution in [0.25, 0.3) is 0 Å². The molecule has 1 N–H and O–H groups in total. The number of benzene rings is 2. The van der Waals surface area contributed by atoms with E-state index in [4.69, 9.17) is 8.92 Å². The highest BCUT2D eigenvalue weighted by molar-refractivity contribution is 7.86. The fourth-order valence-corrected chi connectivity index (χ4v) is 4.73. The Labute approximate surface area is 196 Å². The minimum atomic E-state index is -3.90. The van der Waals surface area contributed by atoms with Crippen molar-refractivity contribution >= 4 is 33.7 Å². The third-order valence-corrected chi connectivity index (χ3v) is 6.85. The zero-order valence-corrected chi connectivity index (χ0v) is 19.1. The van der Waals surface area contributed by atoms with Crippen molar-refractivity contribution in [1.82, 2.24) is 10.2 Å². The summed E-state index contributed by atoms with van der Waals surface area (Å²) in [6.45, 7) is 1.73. The van der Waals surface area contributed by atoms with E-state index in [1.165, 1.54) is 24.3 Å². The van der Waals surface area contributed by atoms with E-state index in [1.807, 2.05) is 6.92 Å². The fourth-order valence-electron chi connectivity index (χ4n) is 3.79. The molecule has 0 bridgehead atoms. The molecule has 178 valence electrons. The SMILES string of the molecule is Cc1ccc(S(=O)(=O)OCCCOc2cccc3c2C(=O)N(C2CCC(=O)NC2=O)C3=O)cc1.